The molecule has 4 heteroatoms. The van der Waals surface area contributed by atoms with Gasteiger partial charge in [-0.05, 0) is 37.3 Å². The average molecular weight is 413 g/mol. The Morgan fingerprint density at radius 1 is 1.13 bits per heavy atom. The second-order valence-electron chi connectivity index (χ2n) is 10.4. The number of quaternary nitrogens is 1. The lowest BCUT2D eigenvalue weighted by atomic mass is 9.77. The number of benzene rings is 1. The minimum Gasteiger partial charge on any atom is -0.453 e. The number of hydrogen-bond acceptors (Lipinski definition) is 3. The molecule has 1 N–H and O–H groups in total. The molecule has 0 spiro atoms. The van der Waals surface area contributed by atoms with Crippen LogP contribution in [0.3, 0.4) is 0 Å². The van der Waals surface area contributed by atoms with E-state index in [4.69, 9.17) is 4.74 Å². The van der Waals surface area contributed by atoms with E-state index in [0.717, 1.165) is 56.1 Å². The molecule has 1 aromatic carbocycles. The van der Waals surface area contributed by atoms with Gasteiger partial charge in [0.05, 0.1) is 26.1 Å². The molecule has 1 heterocycles. The highest BCUT2D eigenvalue weighted by Crippen LogP contribution is 2.46. The standard InChI is InChI=1S/C26H38NO3/c1-19(2)17-27(3)18-20-15-16-23(27)24(20)30-25(28)26(29,22-13-9-6-10-14-22)21-11-7-4-5-8-12-21/h6,9-10,13-14,20-21,23-24,29H,1,4-5,7-8,11-12,15-18H2,2-3H3/q+1/t20?,23-,24?,26?,27?/m0/s1. The van der Waals surface area contributed by atoms with Gasteiger partial charge in [0.1, 0.15) is 6.04 Å². The molecule has 4 nitrogen and oxygen atoms in total. The Morgan fingerprint density at radius 3 is 2.43 bits per heavy atom. The summed E-state index contributed by atoms with van der Waals surface area (Å²) in [5, 5.41) is 11.9. The molecule has 0 amide bonds. The van der Waals surface area contributed by atoms with Gasteiger partial charge < -0.3 is 14.3 Å². The lowest BCUT2D eigenvalue weighted by molar-refractivity contribution is -0.922. The molecule has 2 aliphatic carbocycles. The Bertz CT molecular complexity index is 770. The molecule has 4 rings (SSSR count). The number of aliphatic hydroxyl groups is 1. The number of nitrogens with zero attached hydrogens (tertiary/aromatic N) is 1. The number of carbonyl (C=O) groups excluding carboxylic acids is 1. The van der Waals surface area contributed by atoms with Crippen molar-refractivity contribution in [2.24, 2.45) is 11.8 Å². The summed E-state index contributed by atoms with van der Waals surface area (Å²) in [4.78, 5) is 13.7. The number of fused-ring (bicyclic) bond motifs is 2. The van der Waals surface area contributed by atoms with Crippen LogP contribution in [0.2, 0.25) is 0 Å². The third-order valence-electron chi connectivity index (χ3n) is 7.97. The van der Waals surface area contributed by atoms with Gasteiger partial charge in [-0.2, -0.15) is 0 Å². The molecule has 3 fully saturated rings. The van der Waals surface area contributed by atoms with Gasteiger partial charge in [-0.1, -0.05) is 62.6 Å². The Hall–Kier alpha value is -1.65. The highest BCUT2D eigenvalue weighted by atomic mass is 16.6. The van der Waals surface area contributed by atoms with E-state index in [1.54, 1.807) is 0 Å². The van der Waals surface area contributed by atoms with E-state index < -0.39 is 11.6 Å². The Labute approximate surface area is 181 Å². The number of likely N-dealkylation sites (N-methyl/N-ethyl adjacent to an activating group) is 1. The van der Waals surface area contributed by atoms with Crippen molar-refractivity contribution < 1.29 is 19.1 Å². The van der Waals surface area contributed by atoms with Gasteiger partial charge in [-0.25, -0.2) is 4.79 Å². The summed E-state index contributed by atoms with van der Waals surface area (Å²) in [5.41, 5.74) is 0.312. The van der Waals surface area contributed by atoms with Gasteiger partial charge in [0.2, 0.25) is 0 Å². The molecule has 164 valence electrons. The first-order valence-electron chi connectivity index (χ1n) is 11.8. The van der Waals surface area contributed by atoms with Gasteiger partial charge in [0, 0.05) is 12.3 Å². The number of rotatable bonds is 6. The fourth-order valence-corrected chi connectivity index (χ4v) is 6.66. The summed E-state index contributed by atoms with van der Waals surface area (Å²) in [7, 11) is 2.27. The summed E-state index contributed by atoms with van der Waals surface area (Å²) >= 11 is 0. The average Bonchev–Trinajstić information content (AvgIpc) is 3.06. The highest BCUT2D eigenvalue weighted by Gasteiger charge is 2.59. The van der Waals surface area contributed by atoms with Gasteiger partial charge in [0.15, 0.2) is 11.7 Å². The second kappa shape index (κ2) is 8.47. The number of carbonyl (C=O) groups is 1. The summed E-state index contributed by atoms with van der Waals surface area (Å²) in [6.45, 7) is 8.16. The Morgan fingerprint density at radius 2 is 1.80 bits per heavy atom. The minimum atomic E-state index is -1.55. The van der Waals surface area contributed by atoms with Crippen LogP contribution >= 0.6 is 0 Å². The van der Waals surface area contributed by atoms with Crippen molar-refractivity contribution in [3.05, 3.63) is 48.0 Å². The third-order valence-corrected chi connectivity index (χ3v) is 7.97. The molecule has 2 bridgehead atoms. The van der Waals surface area contributed by atoms with Crippen LogP contribution in [0.15, 0.2) is 42.5 Å². The van der Waals surface area contributed by atoms with E-state index in [-0.39, 0.29) is 12.0 Å². The maximum atomic E-state index is 13.7. The normalized spacial score (nSPS) is 33.6. The van der Waals surface area contributed by atoms with E-state index >= 15 is 0 Å². The molecule has 1 saturated heterocycles. The Kier molecular flexibility index (Phi) is 6.09. The van der Waals surface area contributed by atoms with Crippen LogP contribution in [-0.2, 0) is 15.1 Å². The van der Waals surface area contributed by atoms with Crippen LogP contribution in [0, 0.1) is 11.8 Å². The predicted molar refractivity (Wildman–Crippen MR) is 119 cm³/mol. The van der Waals surface area contributed by atoms with Crippen LogP contribution in [0.25, 0.3) is 0 Å². The van der Waals surface area contributed by atoms with E-state index in [0.29, 0.717) is 17.5 Å². The zero-order valence-electron chi connectivity index (χ0n) is 18.7. The fraction of sp³-hybridized carbons (Fsp3) is 0.654. The molecule has 5 atom stereocenters. The molecular formula is C26H38NO3+. The van der Waals surface area contributed by atoms with E-state index in [2.05, 4.69) is 20.6 Å². The summed E-state index contributed by atoms with van der Waals surface area (Å²) in [5.74, 6) is -0.117. The molecule has 30 heavy (non-hydrogen) atoms. The molecule has 1 aliphatic heterocycles. The van der Waals surface area contributed by atoms with Crippen molar-refractivity contribution in [3.63, 3.8) is 0 Å². The van der Waals surface area contributed by atoms with Crippen molar-refractivity contribution in [1.82, 2.24) is 0 Å². The predicted octanol–water partition coefficient (Wildman–Crippen LogP) is 4.57. The van der Waals surface area contributed by atoms with Gasteiger partial charge in [0.25, 0.3) is 0 Å². The lowest BCUT2D eigenvalue weighted by Crippen LogP contribution is -2.53. The minimum absolute atomic E-state index is 0.0785. The first kappa shape index (κ1) is 21.6. The SMILES string of the molecule is C=C(C)C[N+]1(C)CC2CC[C@H]1C2OC(=O)C(O)(c1ccccc1)C1CCCCCC1. The van der Waals surface area contributed by atoms with Crippen molar-refractivity contribution in [2.45, 2.75) is 76.0 Å². The zero-order valence-corrected chi connectivity index (χ0v) is 18.7. The number of hydrogen-bond donors (Lipinski definition) is 1. The van der Waals surface area contributed by atoms with Gasteiger partial charge >= 0.3 is 5.97 Å². The van der Waals surface area contributed by atoms with Crippen molar-refractivity contribution in [3.8, 4) is 0 Å². The molecule has 0 aromatic heterocycles. The van der Waals surface area contributed by atoms with Gasteiger partial charge in [-0.3, -0.25) is 0 Å². The quantitative estimate of drug-likeness (QED) is 0.322. The highest BCUT2D eigenvalue weighted by molar-refractivity contribution is 5.82. The summed E-state index contributed by atoms with van der Waals surface area (Å²) < 4.78 is 7.16. The summed E-state index contributed by atoms with van der Waals surface area (Å²) in [6, 6.07) is 9.83. The van der Waals surface area contributed by atoms with Crippen LogP contribution in [0.4, 0.5) is 0 Å². The monoisotopic (exact) mass is 412 g/mol. The Balaban J connectivity index is 1.59. The van der Waals surface area contributed by atoms with E-state index in [1.807, 2.05) is 30.3 Å². The number of ether oxygens (including phenoxy) is 1. The molecule has 1 aromatic rings. The fourth-order valence-electron chi connectivity index (χ4n) is 6.66. The number of likely N-dealkylation sites (tertiary alicyclic amines) is 1. The maximum Gasteiger partial charge on any atom is 0.343 e. The maximum absolute atomic E-state index is 13.7. The third kappa shape index (κ3) is 3.85. The topological polar surface area (TPSA) is 46.5 Å². The van der Waals surface area contributed by atoms with Crippen molar-refractivity contribution >= 4 is 5.97 Å². The van der Waals surface area contributed by atoms with Crippen molar-refractivity contribution in [2.75, 3.05) is 20.1 Å². The van der Waals surface area contributed by atoms with E-state index in [1.165, 1.54) is 18.4 Å². The van der Waals surface area contributed by atoms with E-state index in [9.17, 15) is 9.90 Å². The molecular weight excluding hydrogens is 374 g/mol. The first-order valence-corrected chi connectivity index (χ1v) is 11.8. The van der Waals surface area contributed by atoms with Crippen molar-refractivity contribution in [1.29, 1.82) is 0 Å². The van der Waals surface area contributed by atoms with Gasteiger partial charge in [-0.15, -0.1) is 0 Å². The first-order chi connectivity index (χ1) is 14.3. The molecule has 4 unspecified atom stereocenters. The van der Waals surface area contributed by atoms with Crippen LogP contribution in [-0.4, -0.2) is 47.8 Å². The zero-order chi connectivity index (χ0) is 21.4. The van der Waals surface area contributed by atoms with Crippen LogP contribution < -0.4 is 0 Å². The smallest absolute Gasteiger partial charge is 0.343 e. The molecule has 0 radical (unpaired) electrons. The summed E-state index contributed by atoms with van der Waals surface area (Å²) in [6.07, 6.45) is 8.34. The molecule has 3 aliphatic rings. The largest absolute Gasteiger partial charge is 0.453 e. The van der Waals surface area contributed by atoms with Crippen LogP contribution in [0.1, 0.15) is 63.9 Å². The lowest BCUT2D eigenvalue weighted by Gasteiger charge is -2.39. The van der Waals surface area contributed by atoms with Crippen LogP contribution in [0.5, 0.6) is 0 Å². The number of piperidine rings is 1. The number of esters is 1. The second-order valence-corrected chi connectivity index (χ2v) is 10.4. The molecule has 2 saturated carbocycles.